The number of hydrogen-bond acceptors (Lipinski definition) is 5. The number of thiazole rings is 1. The van der Waals surface area contributed by atoms with Crippen molar-refractivity contribution < 1.29 is 9.53 Å². The average molecular weight is 354 g/mol. The quantitative estimate of drug-likeness (QED) is 0.789. The second kappa shape index (κ2) is 8.41. The van der Waals surface area contributed by atoms with Crippen molar-refractivity contribution in [3.05, 3.63) is 16.1 Å². The van der Waals surface area contributed by atoms with Gasteiger partial charge in [-0.1, -0.05) is 20.8 Å². The van der Waals surface area contributed by atoms with Gasteiger partial charge < -0.3 is 9.64 Å². The summed E-state index contributed by atoms with van der Waals surface area (Å²) < 4.78 is 5.47. The predicted molar refractivity (Wildman–Crippen MR) is 98.4 cm³/mol. The van der Waals surface area contributed by atoms with Crippen molar-refractivity contribution in [1.82, 2.24) is 14.8 Å². The van der Waals surface area contributed by atoms with Crippen molar-refractivity contribution in [1.29, 1.82) is 0 Å². The average Bonchev–Trinajstić information content (AvgIpc) is 2.96. The Bertz CT molecular complexity index is 529. The molecule has 1 aliphatic rings. The summed E-state index contributed by atoms with van der Waals surface area (Å²) in [6, 6.07) is 0. The van der Waals surface area contributed by atoms with Crippen molar-refractivity contribution in [2.75, 3.05) is 32.8 Å². The van der Waals surface area contributed by atoms with Gasteiger partial charge in [-0.15, -0.1) is 11.3 Å². The zero-order valence-corrected chi connectivity index (χ0v) is 16.5. The summed E-state index contributed by atoms with van der Waals surface area (Å²) in [5.41, 5.74) is 1.27. The van der Waals surface area contributed by atoms with Crippen LogP contribution < -0.4 is 0 Å². The van der Waals surface area contributed by atoms with Gasteiger partial charge in [0.1, 0.15) is 0 Å². The smallest absolute Gasteiger partial charge is 0.224 e. The van der Waals surface area contributed by atoms with Gasteiger partial charge in [-0.3, -0.25) is 9.69 Å². The van der Waals surface area contributed by atoms with Gasteiger partial charge in [0.05, 0.1) is 29.8 Å². The van der Waals surface area contributed by atoms with Crippen LogP contribution in [-0.2, 0) is 21.5 Å². The minimum Gasteiger partial charge on any atom is -0.378 e. The van der Waals surface area contributed by atoms with Crippen LogP contribution in [0.2, 0.25) is 0 Å². The number of rotatable bonds is 6. The maximum atomic E-state index is 12.2. The summed E-state index contributed by atoms with van der Waals surface area (Å²) in [6.45, 7) is 15.4. The van der Waals surface area contributed by atoms with E-state index in [4.69, 9.17) is 9.72 Å². The first-order valence-corrected chi connectivity index (χ1v) is 9.70. The third-order valence-electron chi connectivity index (χ3n) is 4.07. The molecule has 1 fully saturated rings. The molecule has 0 bridgehead atoms. The van der Waals surface area contributed by atoms with Crippen LogP contribution in [0.3, 0.4) is 0 Å². The molecule has 1 saturated heterocycles. The van der Waals surface area contributed by atoms with E-state index in [0.717, 1.165) is 38.4 Å². The fourth-order valence-electron chi connectivity index (χ4n) is 2.65. The van der Waals surface area contributed by atoms with Gasteiger partial charge >= 0.3 is 0 Å². The highest BCUT2D eigenvalue weighted by atomic mass is 32.1. The van der Waals surface area contributed by atoms with E-state index in [1.807, 2.05) is 18.7 Å². The lowest BCUT2D eigenvalue weighted by atomic mass is 9.98. The third kappa shape index (κ3) is 5.83. The van der Waals surface area contributed by atoms with E-state index >= 15 is 0 Å². The lowest BCUT2D eigenvalue weighted by molar-refractivity contribution is -0.134. The lowest BCUT2D eigenvalue weighted by Gasteiger charge is -2.34. The molecule has 0 radical (unpaired) electrons. The Hall–Kier alpha value is -0.980. The van der Waals surface area contributed by atoms with Crippen LogP contribution in [0.25, 0.3) is 0 Å². The zero-order valence-electron chi connectivity index (χ0n) is 15.7. The Morgan fingerprint density at radius 2 is 1.96 bits per heavy atom. The van der Waals surface area contributed by atoms with Crippen molar-refractivity contribution in [3.8, 4) is 0 Å². The van der Waals surface area contributed by atoms with Crippen molar-refractivity contribution in [3.63, 3.8) is 0 Å². The number of aromatic nitrogens is 1. The largest absolute Gasteiger partial charge is 0.378 e. The fraction of sp³-hybridized carbons (Fsp3) is 0.778. The Morgan fingerprint density at radius 3 is 2.50 bits per heavy atom. The zero-order chi connectivity index (χ0) is 17.7. The molecule has 1 amide bonds. The first-order chi connectivity index (χ1) is 11.3. The second-order valence-corrected chi connectivity index (χ2v) is 8.58. The summed E-state index contributed by atoms with van der Waals surface area (Å²) in [7, 11) is 0. The molecule has 1 aromatic heterocycles. The summed E-state index contributed by atoms with van der Waals surface area (Å²) in [5, 5.41) is 3.36. The number of nitrogens with zero attached hydrogens (tertiary/aromatic N) is 3. The van der Waals surface area contributed by atoms with E-state index in [2.05, 4.69) is 31.1 Å². The molecule has 136 valence electrons. The minimum absolute atomic E-state index is 0.117. The first kappa shape index (κ1) is 19.3. The van der Waals surface area contributed by atoms with Gasteiger partial charge in [-0.2, -0.15) is 0 Å². The Labute approximate surface area is 150 Å². The van der Waals surface area contributed by atoms with Crippen molar-refractivity contribution in [2.45, 2.75) is 59.1 Å². The number of ether oxygens (including phenoxy) is 1. The molecule has 5 nitrogen and oxygen atoms in total. The van der Waals surface area contributed by atoms with Gasteiger partial charge in [0.2, 0.25) is 5.91 Å². The molecule has 1 aliphatic heterocycles. The molecule has 0 saturated carbocycles. The maximum absolute atomic E-state index is 12.2. The summed E-state index contributed by atoms with van der Waals surface area (Å²) in [4.78, 5) is 21.3. The van der Waals surface area contributed by atoms with Crippen molar-refractivity contribution in [2.24, 2.45) is 0 Å². The van der Waals surface area contributed by atoms with Gasteiger partial charge in [-0.25, -0.2) is 4.98 Å². The Kier molecular flexibility index (Phi) is 6.78. The maximum Gasteiger partial charge on any atom is 0.224 e. The molecule has 6 heteroatoms. The Morgan fingerprint density at radius 1 is 1.29 bits per heavy atom. The van der Waals surface area contributed by atoms with Crippen LogP contribution in [0.15, 0.2) is 5.38 Å². The van der Waals surface area contributed by atoms with Crippen LogP contribution in [0.4, 0.5) is 0 Å². The van der Waals surface area contributed by atoms with E-state index in [1.54, 1.807) is 11.3 Å². The van der Waals surface area contributed by atoms with E-state index in [9.17, 15) is 4.79 Å². The molecule has 0 spiro atoms. The van der Waals surface area contributed by atoms with Gasteiger partial charge in [0, 0.05) is 43.5 Å². The van der Waals surface area contributed by atoms with E-state index in [0.29, 0.717) is 13.0 Å². The standard InChI is InChI=1S/C18H31N3O2S/c1-14(2)23-11-6-16(22)21-9-7-20(8-10-21)12-15-13-24-17(19-15)18(3,4)5/h13-14H,6-12H2,1-5H3. The molecule has 0 aliphatic carbocycles. The highest BCUT2D eigenvalue weighted by Crippen LogP contribution is 2.26. The topological polar surface area (TPSA) is 45.7 Å². The molecule has 2 rings (SSSR count). The summed E-state index contributed by atoms with van der Waals surface area (Å²) in [5.74, 6) is 0.207. The summed E-state index contributed by atoms with van der Waals surface area (Å²) in [6.07, 6.45) is 0.671. The lowest BCUT2D eigenvalue weighted by Crippen LogP contribution is -2.48. The molecule has 0 aromatic carbocycles. The van der Waals surface area contributed by atoms with Crippen LogP contribution >= 0.6 is 11.3 Å². The highest BCUT2D eigenvalue weighted by Gasteiger charge is 2.23. The van der Waals surface area contributed by atoms with Gasteiger partial charge in [0.15, 0.2) is 0 Å². The molecule has 2 heterocycles. The predicted octanol–water partition coefficient (Wildman–Crippen LogP) is 2.90. The van der Waals surface area contributed by atoms with E-state index in [1.165, 1.54) is 5.01 Å². The molecule has 0 atom stereocenters. The molecule has 24 heavy (non-hydrogen) atoms. The molecular formula is C18H31N3O2S. The summed E-state index contributed by atoms with van der Waals surface area (Å²) >= 11 is 1.75. The second-order valence-electron chi connectivity index (χ2n) is 7.72. The third-order valence-corrected chi connectivity index (χ3v) is 5.39. The number of carbonyl (C=O) groups is 1. The monoisotopic (exact) mass is 353 g/mol. The number of amides is 1. The number of carbonyl (C=O) groups excluding carboxylic acids is 1. The Balaban J connectivity index is 1.74. The van der Waals surface area contributed by atoms with Gasteiger partial charge in [-0.05, 0) is 13.8 Å². The molecule has 0 N–H and O–H groups in total. The van der Waals surface area contributed by atoms with Crippen LogP contribution in [0, 0.1) is 0 Å². The highest BCUT2D eigenvalue weighted by molar-refractivity contribution is 7.09. The normalized spacial score (nSPS) is 16.8. The van der Waals surface area contributed by atoms with Crippen LogP contribution in [-0.4, -0.2) is 59.6 Å². The fourth-order valence-corrected chi connectivity index (χ4v) is 3.55. The van der Waals surface area contributed by atoms with Crippen LogP contribution in [0.5, 0.6) is 0 Å². The SMILES string of the molecule is CC(C)OCCC(=O)N1CCN(Cc2csc(C(C)(C)C)n2)CC1. The number of hydrogen-bond donors (Lipinski definition) is 0. The molecule has 1 aromatic rings. The van der Waals surface area contributed by atoms with E-state index < -0.39 is 0 Å². The minimum atomic E-state index is 0.117. The molecular weight excluding hydrogens is 322 g/mol. The van der Waals surface area contributed by atoms with E-state index in [-0.39, 0.29) is 17.4 Å². The molecule has 0 unspecified atom stereocenters. The van der Waals surface area contributed by atoms with Crippen molar-refractivity contribution >= 4 is 17.2 Å². The van der Waals surface area contributed by atoms with Gasteiger partial charge in [0.25, 0.3) is 0 Å². The first-order valence-electron chi connectivity index (χ1n) is 8.82. The number of piperazine rings is 1. The van der Waals surface area contributed by atoms with Crippen LogP contribution in [0.1, 0.15) is 51.7 Å².